The molecule has 1 unspecified atom stereocenters. The summed E-state index contributed by atoms with van der Waals surface area (Å²) in [7, 11) is 0. The predicted octanol–water partition coefficient (Wildman–Crippen LogP) is 5.82. The molecule has 1 heteroatoms. The number of rotatable bonds is 5. The normalized spacial score (nSPS) is 12.1. The molecule has 0 aliphatic carbocycles. The summed E-state index contributed by atoms with van der Waals surface area (Å²) in [5, 5.41) is 3.69. The second-order valence-corrected chi connectivity index (χ2v) is 6.49. The quantitative estimate of drug-likeness (QED) is 0.625. The highest BCUT2D eigenvalue weighted by molar-refractivity contribution is 5.67. The van der Waals surface area contributed by atoms with Gasteiger partial charge in [-0.1, -0.05) is 78.4 Å². The molecule has 0 saturated carbocycles. The Morgan fingerprint density at radius 2 is 1.54 bits per heavy atom. The van der Waals surface area contributed by atoms with E-state index < -0.39 is 0 Å². The van der Waals surface area contributed by atoms with Crippen molar-refractivity contribution in [2.24, 2.45) is 0 Å². The van der Waals surface area contributed by atoms with Crippen LogP contribution in [0.2, 0.25) is 0 Å². The van der Waals surface area contributed by atoms with Crippen LogP contribution in [0, 0.1) is 13.8 Å². The molecular formula is C23H25N. The average molecular weight is 315 g/mol. The molecule has 122 valence electrons. The van der Waals surface area contributed by atoms with E-state index in [2.05, 4.69) is 98.9 Å². The first-order valence-corrected chi connectivity index (χ1v) is 8.59. The van der Waals surface area contributed by atoms with Gasteiger partial charge >= 0.3 is 0 Å². The van der Waals surface area contributed by atoms with Crippen LogP contribution in [0.25, 0.3) is 11.1 Å². The molecule has 0 saturated heterocycles. The number of hydrogen-bond acceptors (Lipinski definition) is 1. The summed E-state index contributed by atoms with van der Waals surface area (Å²) in [4.78, 5) is 0. The van der Waals surface area contributed by atoms with Crippen molar-refractivity contribution in [1.82, 2.24) is 5.32 Å². The van der Waals surface area contributed by atoms with E-state index in [1.807, 2.05) is 0 Å². The molecular weight excluding hydrogens is 290 g/mol. The third-order valence-corrected chi connectivity index (χ3v) is 4.59. The summed E-state index contributed by atoms with van der Waals surface area (Å²) in [5.41, 5.74) is 7.95. The van der Waals surface area contributed by atoms with Gasteiger partial charge in [0.1, 0.15) is 0 Å². The van der Waals surface area contributed by atoms with Gasteiger partial charge in [0.2, 0.25) is 0 Å². The second-order valence-electron chi connectivity index (χ2n) is 6.49. The van der Waals surface area contributed by atoms with Crippen LogP contribution in [0.1, 0.15) is 35.2 Å². The van der Waals surface area contributed by atoms with Gasteiger partial charge in [-0.25, -0.2) is 0 Å². The molecule has 3 aromatic carbocycles. The van der Waals surface area contributed by atoms with Crippen molar-refractivity contribution in [3.63, 3.8) is 0 Å². The fourth-order valence-corrected chi connectivity index (χ4v) is 3.26. The first-order chi connectivity index (χ1) is 11.6. The van der Waals surface area contributed by atoms with Crippen LogP contribution in [-0.2, 0) is 6.54 Å². The molecule has 1 atom stereocenters. The zero-order valence-corrected chi connectivity index (χ0v) is 14.7. The Balaban J connectivity index is 1.78. The van der Waals surface area contributed by atoms with E-state index in [4.69, 9.17) is 0 Å². The topological polar surface area (TPSA) is 12.0 Å². The van der Waals surface area contributed by atoms with Gasteiger partial charge in [0.25, 0.3) is 0 Å². The number of benzene rings is 3. The molecule has 24 heavy (non-hydrogen) atoms. The van der Waals surface area contributed by atoms with E-state index >= 15 is 0 Å². The van der Waals surface area contributed by atoms with Crippen LogP contribution in [0.4, 0.5) is 0 Å². The number of aryl methyl sites for hydroxylation is 2. The Morgan fingerprint density at radius 1 is 0.833 bits per heavy atom. The van der Waals surface area contributed by atoms with Gasteiger partial charge in [0.05, 0.1) is 0 Å². The Hall–Kier alpha value is -2.38. The van der Waals surface area contributed by atoms with Crippen molar-refractivity contribution in [3.05, 3.63) is 95.1 Å². The van der Waals surface area contributed by atoms with Gasteiger partial charge in [-0.15, -0.1) is 0 Å². The first-order valence-electron chi connectivity index (χ1n) is 8.59. The van der Waals surface area contributed by atoms with Crippen LogP contribution in [0.5, 0.6) is 0 Å². The largest absolute Gasteiger partial charge is 0.306 e. The summed E-state index contributed by atoms with van der Waals surface area (Å²) < 4.78 is 0. The van der Waals surface area contributed by atoms with E-state index in [0.717, 1.165) is 6.54 Å². The van der Waals surface area contributed by atoms with Gasteiger partial charge in [0.15, 0.2) is 0 Å². The average Bonchev–Trinajstić information content (AvgIpc) is 2.61. The monoisotopic (exact) mass is 315 g/mol. The van der Waals surface area contributed by atoms with Gasteiger partial charge < -0.3 is 5.32 Å². The lowest BCUT2D eigenvalue weighted by Gasteiger charge is -2.18. The molecule has 3 aromatic rings. The molecule has 0 aliphatic rings. The van der Waals surface area contributed by atoms with E-state index in [1.54, 1.807) is 0 Å². The molecule has 0 radical (unpaired) electrons. The van der Waals surface area contributed by atoms with Crippen LogP contribution in [0.3, 0.4) is 0 Å². The summed E-state index contributed by atoms with van der Waals surface area (Å²) >= 11 is 0. The predicted molar refractivity (Wildman–Crippen MR) is 103 cm³/mol. The minimum Gasteiger partial charge on any atom is -0.306 e. The molecule has 1 nitrogen and oxygen atoms in total. The van der Waals surface area contributed by atoms with Crippen LogP contribution >= 0.6 is 0 Å². The van der Waals surface area contributed by atoms with E-state index in [0.29, 0.717) is 6.04 Å². The molecule has 0 bridgehead atoms. The van der Waals surface area contributed by atoms with Crippen molar-refractivity contribution in [2.45, 2.75) is 33.4 Å². The highest BCUT2D eigenvalue weighted by Gasteiger charge is 2.10. The minimum absolute atomic E-state index is 0.328. The molecule has 0 spiro atoms. The Kier molecular flexibility index (Phi) is 5.12. The zero-order valence-electron chi connectivity index (χ0n) is 14.7. The SMILES string of the molecule is Cc1ccc(C(C)NCc2ccccc2-c2ccccc2)c(C)c1. The van der Waals surface area contributed by atoms with E-state index in [9.17, 15) is 0 Å². The highest BCUT2D eigenvalue weighted by Crippen LogP contribution is 2.25. The van der Waals surface area contributed by atoms with Gasteiger partial charge in [-0.2, -0.15) is 0 Å². The maximum absolute atomic E-state index is 3.69. The first kappa shape index (κ1) is 16.5. The van der Waals surface area contributed by atoms with E-state index in [1.165, 1.54) is 33.4 Å². The maximum atomic E-state index is 3.69. The Bertz CT molecular complexity index is 805. The lowest BCUT2D eigenvalue weighted by atomic mass is 9.98. The fourth-order valence-electron chi connectivity index (χ4n) is 3.26. The van der Waals surface area contributed by atoms with Crippen LogP contribution in [-0.4, -0.2) is 0 Å². The van der Waals surface area contributed by atoms with Crippen molar-refractivity contribution >= 4 is 0 Å². The number of hydrogen-bond donors (Lipinski definition) is 1. The molecule has 0 heterocycles. The summed E-state index contributed by atoms with van der Waals surface area (Å²) in [6, 6.07) is 26.3. The maximum Gasteiger partial charge on any atom is 0.0297 e. The highest BCUT2D eigenvalue weighted by atomic mass is 14.9. The number of nitrogens with one attached hydrogen (secondary N) is 1. The lowest BCUT2D eigenvalue weighted by molar-refractivity contribution is 0.572. The smallest absolute Gasteiger partial charge is 0.0297 e. The van der Waals surface area contributed by atoms with Gasteiger partial charge in [0, 0.05) is 12.6 Å². The van der Waals surface area contributed by atoms with Crippen LogP contribution < -0.4 is 5.32 Å². The van der Waals surface area contributed by atoms with Crippen molar-refractivity contribution in [3.8, 4) is 11.1 Å². The Labute approximate surface area is 145 Å². The zero-order chi connectivity index (χ0) is 16.9. The molecule has 0 aliphatic heterocycles. The van der Waals surface area contributed by atoms with Gasteiger partial charge in [-0.05, 0) is 48.6 Å². The second kappa shape index (κ2) is 7.46. The van der Waals surface area contributed by atoms with Crippen molar-refractivity contribution in [1.29, 1.82) is 0 Å². The lowest BCUT2D eigenvalue weighted by Crippen LogP contribution is -2.19. The third-order valence-electron chi connectivity index (χ3n) is 4.59. The van der Waals surface area contributed by atoms with Crippen molar-refractivity contribution in [2.75, 3.05) is 0 Å². The minimum atomic E-state index is 0.328. The Morgan fingerprint density at radius 3 is 2.29 bits per heavy atom. The molecule has 0 amide bonds. The summed E-state index contributed by atoms with van der Waals surface area (Å²) in [5.74, 6) is 0. The summed E-state index contributed by atoms with van der Waals surface area (Å²) in [6.45, 7) is 7.44. The summed E-state index contributed by atoms with van der Waals surface area (Å²) in [6.07, 6.45) is 0. The van der Waals surface area contributed by atoms with Crippen LogP contribution in [0.15, 0.2) is 72.8 Å². The van der Waals surface area contributed by atoms with Crippen molar-refractivity contribution < 1.29 is 0 Å². The molecule has 1 N–H and O–H groups in total. The third kappa shape index (κ3) is 3.74. The standard InChI is InChI=1S/C23H25N/c1-17-13-14-22(18(2)15-17)19(3)24-16-21-11-7-8-12-23(21)20-9-5-4-6-10-20/h4-15,19,24H,16H2,1-3H3. The fraction of sp³-hybridized carbons (Fsp3) is 0.217. The molecule has 0 fully saturated rings. The van der Waals surface area contributed by atoms with E-state index in [-0.39, 0.29) is 0 Å². The van der Waals surface area contributed by atoms with Gasteiger partial charge in [-0.3, -0.25) is 0 Å². The molecule has 3 rings (SSSR count). The molecule has 0 aromatic heterocycles.